The Bertz CT molecular complexity index is 805. The number of fused-ring (bicyclic) bond motifs is 1. The van der Waals surface area contributed by atoms with Crippen molar-refractivity contribution in [3.8, 4) is 5.75 Å². The van der Waals surface area contributed by atoms with Gasteiger partial charge in [-0.2, -0.15) is 0 Å². The highest BCUT2D eigenvalue weighted by Crippen LogP contribution is 2.44. The summed E-state index contributed by atoms with van der Waals surface area (Å²) in [7, 11) is 0. The first kappa shape index (κ1) is 15.0. The average molecular weight is 438 g/mol. The lowest BCUT2D eigenvalue weighted by Crippen LogP contribution is -2.44. The fraction of sp³-hybridized carbons (Fsp3) is 0.235. The molecule has 2 aliphatic rings. The van der Waals surface area contributed by atoms with Crippen LogP contribution in [-0.4, -0.2) is 22.0 Å². The van der Waals surface area contributed by atoms with E-state index >= 15 is 0 Å². The molecule has 1 heterocycles. The lowest BCUT2D eigenvalue weighted by molar-refractivity contribution is 0.0664. The number of benzene rings is 2. The predicted molar refractivity (Wildman–Crippen MR) is 95.5 cm³/mol. The second kappa shape index (κ2) is 5.53. The number of aromatic hydroxyl groups is 1. The van der Waals surface area contributed by atoms with Crippen LogP contribution in [0.4, 0.5) is 5.69 Å². The van der Waals surface area contributed by atoms with E-state index in [9.17, 15) is 9.90 Å². The first-order valence-corrected chi connectivity index (χ1v) is 9.01. The Morgan fingerprint density at radius 2 is 1.91 bits per heavy atom. The number of amides is 1. The number of carbonyl (C=O) groups excluding carboxylic acids is 1. The van der Waals surface area contributed by atoms with Crippen molar-refractivity contribution in [2.75, 3.05) is 5.32 Å². The third-order valence-electron chi connectivity index (χ3n) is 4.25. The topological polar surface area (TPSA) is 52.6 Å². The Kier molecular flexibility index (Phi) is 3.61. The van der Waals surface area contributed by atoms with Crippen LogP contribution < -0.4 is 5.32 Å². The Morgan fingerprint density at radius 3 is 2.65 bits per heavy atom. The normalized spacial score (nSPS) is 20.2. The lowest BCUT2D eigenvalue weighted by atomic mass is 10.0. The van der Waals surface area contributed by atoms with Gasteiger partial charge in [-0.25, -0.2) is 0 Å². The molecule has 1 atom stereocenters. The maximum absolute atomic E-state index is 12.9. The second-order valence-electron chi connectivity index (χ2n) is 5.86. The molecule has 0 unspecified atom stereocenters. The van der Waals surface area contributed by atoms with E-state index in [-0.39, 0.29) is 23.9 Å². The highest BCUT2D eigenvalue weighted by molar-refractivity contribution is 9.11. The molecule has 1 fully saturated rings. The summed E-state index contributed by atoms with van der Waals surface area (Å²) in [6, 6.07) is 11.4. The van der Waals surface area contributed by atoms with E-state index in [4.69, 9.17) is 0 Å². The summed E-state index contributed by atoms with van der Waals surface area (Å²) >= 11 is 6.83. The molecule has 2 N–H and O–H groups in total. The van der Waals surface area contributed by atoms with Crippen LogP contribution in [0, 0.1) is 0 Å². The molecule has 1 saturated carbocycles. The van der Waals surface area contributed by atoms with Gasteiger partial charge in [-0.05, 0) is 53.0 Å². The van der Waals surface area contributed by atoms with Gasteiger partial charge in [-0.15, -0.1) is 0 Å². The molecule has 0 bridgehead atoms. The van der Waals surface area contributed by atoms with E-state index in [1.165, 1.54) is 0 Å². The standard InChI is InChI=1S/C17H14Br2N2O2/c18-9-7-12(15(22)13(19)8-9)16-20-14-4-2-1-3-11(14)17(23)21(16)10-5-6-10/h1-4,7-8,10,16,20,22H,5-6H2/t16-/m0/s1. The van der Waals surface area contributed by atoms with Crippen molar-refractivity contribution in [2.45, 2.75) is 25.0 Å². The van der Waals surface area contributed by atoms with Gasteiger partial charge in [0.2, 0.25) is 0 Å². The molecule has 4 nitrogen and oxygen atoms in total. The fourth-order valence-corrected chi connectivity index (χ4v) is 4.28. The molecule has 1 aliphatic heterocycles. The molecule has 118 valence electrons. The van der Waals surface area contributed by atoms with E-state index in [1.807, 2.05) is 35.2 Å². The van der Waals surface area contributed by atoms with Crippen LogP contribution in [0.1, 0.15) is 34.9 Å². The third-order valence-corrected chi connectivity index (χ3v) is 5.32. The number of phenolic OH excluding ortho intramolecular Hbond substituents is 1. The average Bonchev–Trinajstić information content (AvgIpc) is 3.35. The summed E-state index contributed by atoms with van der Waals surface area (Å²) in [6.07, 6.45) is 1.63. The van der Waals surface area contributed by atoms with Crippen LogP contribution in [0.3, 0.4) is 0 Å². The van der Waals surface area contributed by atoms with Crippen LogP contribution in [0.25, 0.3) is 0 Å². The van der Waals surface area contributed by atoms with Gasteiger partial charge in [0.25, 0.3) is 5.91 Å². The van der Waals surface area contributed by atoms with Crippen molar-refractivity contribution in [3.63, 3.8) is 0 Å². The zero-order valence-electron chi connectivity index (χ0n) is 12.1. The zero-order chi connectivity index (χ0) is 16.1. The number of phenols is 1. The highest BCUT2D eigenvalue weighted by atomic mass is 79.9. The van der Waals surface area contributed by atoms with Crippen LogP contribution in [0.2, 0.25) is 0 Å². The number of nitrogens with one attached hydrogen (secondary N) is 1. The van der Waals surface area contributed by atoms with Crippen LogP contribution in [0.15, 0.2) is 45.3 Å². The first-order valence-electron chi connectivity index (χ1n) is 7.42. The Hall–Kier alpha value is -1.53. The molecule has 1 amide bonds. The molecular formula is C17H14Br2N2O2. The minimum Gasteiger partial charge on any atom is -0.506 e. The first-order chi connectivity index (χ1) is 11.1. The van der Waals surface area contributed by atoms with Crippen molar-refractivity contribution in [2.24, 2.45) is 0 Å². The second-order valence-corrected chi connectivity index (χ2v) is 7.63. The van der Waals surface area contributed by atoms with Gasteiger partial charge < -0.3 is 15.3 Å². The lowest BCUT2D eigenvalue weighted by Gasteiger charge is -2.38. The maximum atomic E-state index is 12.9. The number of nitrogens with zero attached hydrogens (tertiary/aromatic N) is 1. The summed E-state index contributed by atoms with van der Waals surface area (Å²) in [6.45, 7) is 0. The minimum atomic E-state index is -0.376. The van der Waals surface area contributed by atoms with Crippen LogP contribution >= 0.6 is 31.9 Å². The minimum absolute atomic E-state index is 0.0161. The molecule has 2 aromatic carbocycles. The van der Waals surface area contributed by atoms with Crippen molar-refractivity contribution in [1.82, 2.24) is 4.90 Å². The van der Waals surface area contributed by atoms with Crippen molar-refractivity contribution >= 4 is 43.5 Å². The predicted octanol–water partition coefficient (Wildman–Crippen LogP) is 4.65. The van der Waals surface area contributed by atoms with E-state index in [2.05, 4.69) is 37.2 Å². The summed E-state index contributed by atoms with van der Waals surface area (Å²) in [5.74, 6) is 0.172. The van der Waals surface area contributed by atoms with Gasteiger partial charge in [0.1, 0.15) is 11.9 Å². The highest BCUT2D eigenvalue weighted by Gasteiger charge is 2.43. The van der Waals surface area contributed by atoms with E-state index < -0.39 is 0 Å². The van der Waals surface area contributed by atoms with Gasteiger partial charge in [-0.3, -0.25) is 4.79 Å². The number of hydrogen-bond donors (Lipinski definition) is 2. The Morgan fingerprint density at radius 1 is 1.17 bits per heavy atom. The molecule has 1 aliphatic carbocycles. The number of carbonyl (C=O) groups is 1. The van der Waals surface area contributed by atoms with Crippen molar-refractivity contribution in [3.05, 3.63) is 56.5 Å². The van der Waals surface area contributed by atoms with Gasteiger partial charge in [0, 0.05) is 21.8 Å². The molecular weight excluding hydrogens is 424 g/mol. The molecule has 0 spiro atoms. The van der Waals surface area contributed by atoms with Crippen molar-refractivity contribution < 1.29 is 9.90 Å². The number of halogens is 2. The molecule has 0 radical (unpaired) electrons. The molecule has 6 heteroatoms. The third kappa shape index (κ3) is 2.54. The summed E-state index contributed by atoms with van der Waals surface area (Å²) in [5.41, 5.74) is 2.17. The van der Waals surface area contributed by atoms with Gasteiger partial charge >= 0.3 is 0 Å². The monoisotopic (exact) mass is 436 g/mol. The molecule has 0 saturated heterocycles. The number of para-hydroxylation sites is 1. The quantitative estimate of drug-likeness (QED) is 0.719. The van der Waals surface area contributed by atoms with E-state index in [0.717, 1.165) is 23.0 Å². The van der Waals surface area contributed by atoms with E-state index in [1.54, 1.807) is 6.07 Å². The van der Waals surface area contributed by atoms with Gasteiger partial charge in [0.05, 0.1) is 10.0 Å². The maximum Gasteiger partial charge on any atom is 0.258 e. The number of rotatable bonds is 2. The van der Waals surface area contributed by atoms with Crippen molar-refractivity contribution in [1.29, 1.82) is 0 Å². The zero-order valence-corrected chi connectivity index (χ0v) is 15.3. The van der Waals surface area contributed by atoms with Crippen LogP contribution in [-0.2, 0) is 0 Å². The summed E-state index contributed by atoms with van der Waals surface area (Å²) in [5, 5.41) is 13.9. The van der Waals surface area contributed by atoms with Gasteiger partial charge in [-0.1, -0.05) is 28.1 Å². The summed E-state index contributed by atoms with van der Waals surface area (Å²) in [4.78, 5) is 14.8. The smallest absolute Gasteiger partial charge is 0.258 e. The fourth-order valence-electron chi connectivity index (χ4n) is 3.02. The number of hydrogen-bond acceptors (Lipinski definition) is 3. The van der Waals surface area contributed by atoms with Crippen LogP contribution in [0.5, 0.6) is 5.75 Å². The van der Waals surface area contributed by atoms with E-state index in [0.29, 0.717) is 15.6 Å². The van der Waals surface area contributed by atoms with Gasteiger partial charge in [0.15, 0.2) is 0 Å². The number of anilines is 1. The summed E-state index contributed by atoms with van der Waals surface area (Å²) < 4.78 is 1.45. The molecule has 23 heavy (non-hydrogen) atoms. The Balaban J connectivity index is 1.86. The molecule has 0 aromatic heterocycles. The largest absolute Gasteiger partial charge is 0.506 e. The SMILES string of the molecule is O=C1c2ccccc2N[C@H](c2cc(Br)cc(Br)c2O)N1C1CC1. The Labute approximate surface area is 150 Å². The molecule has 2 aromatic rings. The molecule has 4 rings (SSSR count).